The lowest BCUT2D eigenvalue weighted by Crippen LogP contribution is -2.55. The molecule has 0 aliphatic carbocycles. The quantitative estimate of drug-likeness (QED) is 0.320. The highest BCUT2D eigenvalue weighted by Crippen LogP contribution is 2.06. The zero-order chi connectivity index (χ0) is 21.9. The Morgan fingerprint density at radius 3 is 2.19 bits per heavy atom. The zero-order valence-electron chi connectivity index (χ0n) is 16.8. The minimum absolute atomic E-state index is 0.136. The van der Waals surface area contributed by atoms with Crippen molar-refractivity contribution in [3.8, 4) is 0 Å². The van der Waals surface area contributed by atoms with Crippen LogP contribution in [0.3, 0.4) is 0 Å². The lowest BCUT2D eigenvalue weighted by atomic mass is 10.1. The summed E-state index contributed by atoms with van der Waals surface area (Å²) in [4.78, 5) is 25.1. The molecule has 3 rings (SSSR count). The van der Waals surface area contributed by atoms with Gasteiger partial charge in [-0.3, -0.25) is 20.4 Å². The van der Waals surface area contributed by atoms with Crippen molar-refractivity contribution >= 4 is 29.1 Å². The normalized spacial score (nSPS) is 11.2. The highest BCUT2D eigenvalue weighted by molar-refractivity contribution is 7.80. The minimum Gasteiger partial charge on any atom is -0.459 e. The van der Waals surface area contributed by atoms with E-state index in [1.165, 1.54) is 17.9 Å². The van der Waals surface area contributed by atoms with Crippen LogP contribution in [0.5, 0.6) is 0 Å². The summed E-state index contributed by atoms with van der Waals surface area (Å²) >= 11 is 5.22. The third-order valence-electron chi connectivity index (χ3n) is 4.49. The van der Waals surface area contributed by atoms with E-state index in [4.69, 9.17) is 16.6 Å². The molecule has 1 aromatic heterocycles. The summed E-state index contributed by atoms with van der Waals surface area (Å²) in [6, 6.07) is 21.8. The van der Waals surface area contributed by atoms with E-state index < -0.39 is 17.9 Å². The zero-order valence-corrected chi connectivity index (χ0v) is 17.7. The highest BCUT2D eigenvalue weighted by atomic mass is 32.1. The van der Waals surface area contributed by atoms with E-state index in [1.54, 1.807) is 6.07 Å². The molecule has 2 amide bonds. The summed E-state index contributed by atoms with van der Waals surface area (Å²) in [6.45, 7) is 0.619. The van der Waals surface area contributed by atoms with E-state index in [0.717, 1.165) is 12.0 Å². The second-order valence-electron chi connectivity index (χ2n) is 6.80. The van der Waals surface area contributed by atoms with Crippen molar-refractivity contribution in [3.05, 3.63) is 95.9 Å². The number of nitrogens with one attached hydrogen (secondary N) is 4. The van der Waals surface area contributed by atoms with Gasteiger partial charge in [-0.2, -0.15) is 0 Å². The molecule has 1 heterocycles. The molecule has 0 aliphatic heterocycles. The number of amides is 2. The van der Waals surface area contributed by atoms with Gasteiger partial charge in [-0.05, 0) is 41.9 Å². The third-order valence-corrected chi connectivity index (χ3v) is 4.74. The number of thiocarbonyl (C=S) groups is 1. The molecule has 7 nitrogen and oxygen atoms in total. The Balaban J connectivity index is 1.52. The topological polar surface area (TPSA) is 95.4 Å². The fourth-order valence-electron chi connectivity index (χ4n) is 2.91. The number of hydrazine groups is 1. The molecule has 3 aromatic rings. The molecular formula is C23H24N4O3S. The average Bonchev–Trinajstić information content (AvgIpc) is 3.34. The molecule has 4 N–H and O–H groups in total. The first kappa shape index (κ1) is 22.0. The van der Waals surface area contributed by atoms with Crippen molar-refractivity contribution in [1.82, 2.24) is 21.5 Å². The van der Waals surface area contributed by atoms with E-state index in [-0.39, 0.29) is 5.76 Å². The van der Waals surface area contributed by atoms with Gasteiger partial charge in [0, 0.05) is 13.0 Å². The van der Waals surface area contributed by atoms with Gasteiger partial charge in [0.25, 0.3) is 11.8 Å². The molecule has 2 aromatic carbocycles. The van der Waals surface area contributed by atoms with Crippen molar-refractivity contribution < 1.29 is 14.0 Å². The monoisotopic (exact) mass is 436 g/mol. The van der Waals surface area contributed by atoms with Crippen LogP contribution in [-0.2, 0) is 17.6 Å². The standard InChI is InChI=1S/C23H24N4O3S/c28-21(26-27-23(31)24-14-13-17-8-3-1-4-9-17)19(16-18-10-5-2-6-11-18)25-22(29)20-12-7-15-30-20/h1-12,15,19H,13-14,16H2,(H,25,29)(H,26,28)(H2,24,27,31). The number of hydrogen-bond donors (Lipinski definition) is 4. The maximum Gasteiger partial charge on any atom is 0.287 e. The Kier molecular flexibility index (Phi) is 8.19. The van der Waals surface area contributed by atoms with E-state index in [1.807, 2.05) is 60.7 Å². The van der Waals surface area contributed by atoms with Gasteiger partial charge in [0.15, 0.2) is 10.9 Å². The maximum absolute atomic E-state index is 12.7. The SMILES string of the molecule is O=C(NC(Cc1ccccc1)C(=O)NNC(=S)NCCc1ccccc1)c1ccco1. The molecule has 160 valence electrons. The fraction of sp³-hybridized carbons (Fsp3) is 0.174. The van der Waals surface area contributed by atoms with E-state index in [0.29, 0.717) is 18.1 Å². The van der Waals surface area contributed by atoms with E-state index in [2.05, 4.69) is 21.5 Å². The van der Waals surface area contributed by atoms with Gasteiger partial charge in [0.2, 0.25) is 0 Å². The second kappa shape index (κ2) is 11.5. The van der Waals surface area contributed by atoms with Gasteiger partial charge in [0.1, 0.15) is 6.04 Å². The summed E-state index contributed by atoms with van der Waals surface area (Å²) < 4.78 is 5.11. The molecule has 1 atom stereocenters. The smallest absolute Gasteiger partial charge is 0.287 e. The van der Waals surface area contributed by atoms with Gasteiger partial charge in [-0.1, -0.05) is 60.7 Å². The van der Waals surface area contributed by atoms with E-state index >= 15 is 0 Å². The molecule has 0 radical (unpaired) electrons. The molecule has 0 fully saturated rings. The minimum atomic E-state index is -0.820. The van der Waals surface area contributed by atoms with Gasteiger partial charge in [0.05, 0.1) is 6.26 Å². The van der Waals surface area contributed by atoms with Gasteiger partial charge < -0.3 is 15.1 Å². The summed E-state index contributed by atoms with van der Waals surface area (Å²) in [7, 11) is 0. The Bertz CT molecular complexity index is 979. The first-order chi connectivity index (χ1) is 15.1. The van der Waals surface area contributed by atoms with Crippen LogP contribution in [0.1, 0.15) is 21.7 Å². The average molecular weight is 437 g/mol. The van der Waals surface area contributed by atoms with Gasteiger partial charge >= 0.3 is 0 Å². The molecule has 8 heteroatoms. The lowest BCUT2D eigenvalue weighted by Gasteiger charge is -2.19. The van der Waals surface area contributed by atoms with Crippen LogP contribution in [0, 0.1) is 0 Å². The second-order valence-corrected chi connectivity index (χ2v) is 7.21. The van der Waals surface area contributed by atoms with Crippen LogP contribution in [-0.4, -0.2) is 29.5 Å². The van der Waals surface area contributed by atoms with Crippen molar-refractivity contribution in [1.29, 1.82) is 0 Å². The Hall–Kier alpha value is -3.65. The van der Waals surface area contributed by atoms with Crippen LogP contribution in [0.4, 0.5) is 0 Å². The third kappa shape index (κ3) is 7.27. The lowest BCUT2D eigenvalue weighted by molar-refractivity contribution is -0.123. The van der Waals surface area contributed by atoms with Crippen LogP contribution in [0.15, 0.2) is 83.5 Å². The Morgan fingerprint density at radius 2 is 1.55 bits per heavy atom. The van der Waals surface area contributed by atoms with Crippen molar-refractivity contribution in [2.75, 3.05) is 6.54 Å². The number of benzene rings is 2. The molecule has 0 aliphatic rings. The number of rotatable bonds is 8. The van der Waals surface area contributed by atoms with Crippen LogP contribution < -0.4 is 21.5 Å². The molecule has 0 saturated carbocycles. The Labute approximate surface area is 186 Å². The maximum atomic E-state index is 12.7. The molecule has 0 bridgehead atoms. The largest absolute Gasteiger partial charge is 0.459 e. The summed E-state index contributed by atoms with van der Waals surface area (Å²) in [5.41, 5.74) is 7.35. The van der Waals surface area contributed by atoms with Crippen LogP contribution in [0.2, 0.25) is 0 Å². The predicted molar refractivity (Wildman–Crippen MR) is 122 cm³/mol. The molecular weight excluding hydrogens is 412 g/mol. The highest BCUT2D eigenvalue weighted by Gasteiger charge is 2.23. The fourth-order valence-corrected chi connectivity index (χ4v) is 3.06. The molecule has 31 heavy (non-hydrogen) atoms. The van der Waals surface area contributed by atoms with Crippen LogP contribution >= 0.6 is 12.2 Å². The predicted octanol–water partition coefficient (Wildman–Crippen LogP) is 2.36. The molecule has 0 saturated heterocycles. The first-order valence-electron chi connectivity index (χ1n) is 9.88. The van der Waals surface area contributed by atoms with Crippen LogP contribution in [0.25, 0.3) is 0 Å². The number of furan rings is 1. The number of carbonyl (C=O) groups is 2. The summed E-state index contributed by atoms with van der Waals surface area (Å²) in [5, 5.41) is 6.04. The summed E-state index contributed by atoms with van der Waals surface area (Å²) in [5.74, 6) is -0.752. The molecule has 1 unspecified atom stereocenters. The summed E-state index contributed by atoms with van der Waals surface area (Å²) in [6.07, 6.45) is 2.52. The Morgan fingerprint density at radius 1 is 0.871 bits per heavy atom. The van der Waals surface area contributed by atoms with E-state index in [9.17, 15) is 9.59 Å². The van der Waals surface area contributed by atoms with Crippen molar-refractivity contribution in [3.63, 3.8) is 0 Å². The number of carbonyl (C=O) groups excluding carboxylic acids is 2. The first-order valence-corrected chi connectivity index (χ1v) is 10.3. The van der Waals surface area contributed by atoms with Crippen molar-refractivity contribution in [2.24, 2.45) is 0 Å². The van der Waals surface area contributed by atoms with Crippen molar-refractivity contribution in [2.45, 2.75) is 18.9 Å². The molecule has 0 spiro atoms. The van der Waals surface area contributed by atoms with Gasteiger partial charge in [-0.15, -0.1) is 0 Å². The van der Waals surface area contributed by atoms with Gasteiger partial charge in [-0.25, -0.2) is 0 Å². The number of hydrogen-bond acceptors (Lipinski definition) is 4.